The number of nitrogens with one attached hydrogen (secondary N) is 2. The molecule has 0 bridgehead atoms. The van der Waals surface area contributed by atoms with Crippen LogP contribution in [0.1, 0.15) is 28.5 Å². The first-order valence-electron chi connectivity index (χ1n) is 7.80. The lowest BCUT2D eigenvalue weighted by molar-refractivity contribution is 0.0950. The molecule has 0 saturated heterocycles. The number of aromatic amines is 1. The van der Waals surface area contributed by atoms with E-state index in [-0.39, 0.29) is 5.75 Å². The second kappa shape index (κ2) is 7.00. The average Bonchev–Trinajstić information content (AvgIpc) is 3.10. The van der Waals surface area contributed by atoms with Gasteiger partial charge in [-0.25, -0.2) is 5.43 Å². The summed E-state index contributed by atoms with van der Waals surface area (Å²) in [5, 5.41) is 20.7. The Morgan fingerprint density at radius 2 is 1.88 bits per heavy atom. The van der Waals surface area contributed by atoms with Crippen LogP contribution in [0.25, 0.3) is 11.3 Å². The van der Waals surface area contributed by atoms with Crippen LogP contribution in [0.4, 0.5) is 0 Å². The Bertz CT molecular complexity index is 927. The van der Waals surface area contributed by atoms with Crippen LogP contribution in [0.3, 0.4) is 0 Å². The van der Waals surface area contributed by atoms with Crippen LogP contribution in [0.15, 0.2) is 59.7 Å². The number of hydrogen-bond donors (Lipinski definition) is 3. The number of hydrazone groups is 1. The standard InChI is InChI=1S/C19H18N4O2/c1-12-7-9-14(10-8-12)16-11-17(22-21-16)19(25)23-20-13(2)15-5-3-4-6-18(15)24/h3-11,24H,1-2H3,(H,21,22)(H,23,25). The molecule has 0 atom stereocenters. The van der Waals surface area contributed by atoms with E-state index in [1.54, 1.807) is 37.3 Å². The fraction of sp³-hybridized carbons (Fsp3) is 0.105. The molecule has 1 heterocycles. The summed E-state index contributed by atoms with van der Waals surface area (Å²) in [5.41, 5.74) is 6.61. The minimum absolute atomic E-state index is 0.112. The zero-order valence-corrected chi connectivity index (χ0v) is 13.9. The molecular formula is C19H18N4O2. The molecule has 0 saturated carbocycles. The van der Waals surface area contributed by atoms with Gasteiger partial charge < -0.3 is 5.11 Å². The van der Waals surface area contributed by atoms with Gasteiger partial charge in [0.1, 0.15) is 11.4 Å². The fourth-order valence-corrected chi connectivity index (χ4v) is 2.34. The number of hydrogen-bond acceptors (Lipinski definition) is 4. The van der Waals surface area contributed by atoms with Crippen molar-refractivity contribution in [2.45, 2.75) is 13.8 Å². The summed E-state index contributed by atoms with van der Waals surface area (Å²) < 4.78 is 0. The van der Waals surface area contributed by atoms with Gasteiger partial charge in [0, 0.05) is 11.1 Å². The number of para-hydroxylation sites is 1. The van der Waals surface area contributed by atoms with Gasteiger partial charge in [0.2, 0.25) is 0 Å². The third kappa shape index (κ3) is 3.74. The van der Waals surface area contributed by atoms with E-state index in [0.29, 0.717) is 22.7 Å². The van der Waals surface area contributed by atoms with Crippen molar-refractivity contribution in [1.29, 1.82) is 0 Å². The molecule has 0 spiro atoms. The van der Waals surface area contributed by atoms with Crippen molar-refractivity contribution in [3.05, 3.63) is 71.4 Å². The highest BCUT2D eigenvalue weighted by Crippen LogP contribution is 2.18. The Morgan fingerprint density at radius 3 is 2.60 bits per heavy atom. The lowest BCUT2D eigenvalue weighted by Gasteiger charge is -2.03. The number of phenols is 1. The lowest BCUT2D eigenvalue weighted by Crippen LogP contribution is -2.19. The molecule has 0 aliphatic carbocycles. The van der Waals surface area contributed by atoms with Crippen LogP contribution in [0.2, 0.25) is 0 Å². The number of aryl methyl sites for hydroxylation is 1. The SMILES string of the molecule is CC(=NNC(=O)c1cc(-c2ccc(C)cc2)n[nH]1)c1ccccc1O. The second-order valence-corrected chi connectivity index (χ2v) is 5.69. The predicted octanol–water partition coefficient (Wildman–Crippen LogP) is 3.24. The van der Waals surface area contributed by atoms with Gasteiger partial charge in [-0.2, -0.15) is 10.2 Å². The van der Waals surface area contributed by atoms with Gasteiger partial charge in [-0.3, -0.25) is 9.89 Å². The second-order valence-electron chi connectivity index (χ2n) is 5.69. The molecule has 3 rings (SSSR count). The van der Waals surface area contributed by atoms with Gasteiger partial charge in [0.25, 0.3) is 5.91 Å². The van der Waals surface area contributed by atoms with Gasteiger partial charge in [0.05, 0.1) is 11.4 Å². The lowest BCUT2D eigenvalue weighted by atomic mass is 10.1. The van der Waals surface area contributed by atoms with E-state index < -0.39 is 5.91 Å². The van der Waals surface area contributed by atoms with Gasteiger partial charge in [0.15, 0.2) is 0 Å². The number of carbonyl (C=O) groups excluding carboxylic acids is 1. The van der Waals surface area contributed by atoms with E-state index in [1.807, 2.05) is 31.2 Å². The number of carbonyl (C=O) groups is 1. The van der Waals surface area contributed by atoms with E-state index in [9.17, 15) is 9.90 Å². The van der Waals surface area contributed by atoms with Crippen molar-refractivity contribution in [2.24, 2.45) is 5.10 Å². The minimum atomic E-state index is -0.402. The number of benzene rings is 2. The minimum Gasteiger partial charge on any atom is -0.507 e. The van der Waals surface area contributed by atoms with Gasteiger partial charge in [-0.1, -0.05) is 42.0 Å². The van der Waals surface area contributed by atoms with E-state index in [0.717, 1.165) is 11.1 Å². The first-order chi connectivity index (χ1) is 12.0. The summed E-state index contributed by atoms with van der Waals surface area (Å²) in [5.74, 6) is -0.290. The Kier molecular flexibility index (Phi) is 4.61. The summed E-state index contributed by atoms with van der Waals surface area (Å²) in [7, 11) is 0. The van der Waals surface area contributed by atoms with Crippen LogP contribution in [-0.2, 0) is 0 Å². The maximum atomic E-state index is 12.2. The zero-order valence-electron chi connectivity index (χ0n) is 13.9. The first kappa shape index (κ1) is 16.4. The Balaban J connectivity index is 1.73. The van der Waals surface area contributed by atoms with Crippen LogP contribution >= 0.6 is 0 Å². The first-order valence-corrected chi connectivity index (χ1v) is 7.80. The number of H-pyrrole nitrogens is 1. The summed E-state index contributed by atoms with van der Waals surface area (Å²) in [6.07, 6.45) is 0. The van der Waals surface area contributed by atoms with E-state index >= 15 is 0 Å². The smallest absolute Gasteiger partial charge is 0.289 e. The van der Waals surface area contributed by atoms with Crippen molar-refractivity contribution in [1.82, 2.24) is 15.6 Å². The zero-order chi connectivity index (χ0) is 17.8. The predicted molar refractivity (Wildman–Crippen MR) is 96.5 cm³/mol. The van der Waals surface area contributed by atoms with Crippen LogP contribution in [0.5, 0.6) is 5.75 Å². The molecular weight excluding hydrogens is 316 g/mol. The van der Waals surface area contributed by atoms with Gasteiger partial charge in [-0.15, -0.1) is 0 Å². The molecule has 3 aromatic rings. The van der Waals surface area contributed by atoms with E-state index in [2.05, 4.69) is 20.7 Å². The van der Waals surface area contributed by atoms with Crippen molar-refractivity contribution >= 4 is 11.6 Å². The van der Waals surface area contributed by atoms with Crippen molar-refractivity contribution in [3.8, 4) is 17.0 Å². The molecule has 0 radical (unpaired) electrons. The van der Waals surface area contributed by atoms with Crippen LogP contribution in [0, 0.1) is 6.92 Å². The number of aromatic nitrogens is 2. The number of phenolic OH excluding ortho intramolecular Hbond substituents is 1. The van der Waals surface area contributed by atoms with E-state index in [4.69, 9.17) is 0 Å². The summed E-state index contributed by atoms with van der Waals surface area (Å²) in [4.78, 5) is 12.2. The van der Waals surface area contributed by atoms with Crippen LogP contribution < -0.4 is 5.43 Å². The summed E-state index contributed by atoms with van der Waals surface area (Å²) in [6.45, 7) is 3.72. The maximum Gasteiger partial charge on any atom is 0.289 e. The highest BCUT2D eigenvalue weighted by atomic mass is 16.3. The van der Waals surface area contributed by atoms with Gasteiger partial charge in [-0.05, 0) is 32.0 Å². The molecule has 0 aliphatic heterocycles. The third-order valence-corrected chi connectivity index (χ3v) is 3.79. The Labute approximate surface area is 145 Å². The van der Waals surface area contributed by atoms with Gasteiger partial charge >= 0.3 is 0 Å². The molecule has 3 N–H and O–H groups in total. The molecule has 0 aliphatic rings. The third-order valence-electron chi connectivity index (χ3n) is 3.79. The maximum absolute atomic E-state index is 12.2. The molecule has 126 valence electrons. The quantitative estimate of drug-likeness (QED) is 0.505. The largest absolute Gasteiger partial charge is 0.507 e. The molecule has 25 heavy (non-hydrogen) atoms. The van der Waals surface area contributed by atoms with Crippen LogP contribution in [-0.4, -0.2) is 26.9 Å². The Morgan fingerprint density at radius 1 is 1.16 bits per heavy atom. The normalized spacial score (nSPS) is 11.4. The number of aromatic hydroxyl groups is 1. The monoisotopic (exact) mass is 334 g/mol. The molecule has 1 aromatic heterocycles. The van der Waals surface area contributed by atoms with Crippen molar-refractivity contribution in [3.63, 3.8) is 0 Å². The highest BCUT2D eigenvalue weighted by Gasteiger charge is 2.11. The van der Waals surface area contributed by atoms with Crippen molar-refractivity contribution in [2.75, 3.05) is 0 Å². The summed E-state index contributed by atoms with van der Waals surface area (Å²) >= 11 is 0. The fourth-order valence-electron chi connectivity index (χ4n) is 2.34. The Hall–Kier alpha value is -3.41. The molecule has 6 nitrogen and oxygen atoms in total. The van der Waals surface area contributed by atoms with E-state index in [1.165, 1.54) is 0 Å². The molecule has 2 aromatic carbocycles. The number of rotatable bonds is 4. The number of nitrogens with zero attached hydrogens (tertiary/aromatic N) is 2. The number of amides is 1. The average molecular weight is 334 g/mol. The highest BCUT2D eigenvalue weighted by molar-refractivity contribution is 6.02. The van der Waals surface area contributed by atoms with Crippen molar-refractivity contribution < 1.29 is 9.90 Å². The molecule has 6 heteroatoms. The summed E-state index contributed by atoms with van der Waals surface area (Å²) in [6, 6.07) is 16.4. The molecule has 1 amide bonds. The molecule has 0 unspecified atom stereocenters. The topological polar surface area (TPSA) is 90.4 Å². The molecule has 0 fully saturated rings.